The number of esters is 1. The van der Waals surface area contributed by atoms with Crippen molar-refractivity contribution in [3.8, 4) is 12.3 Å². The van der Waals surface area contributed by atoms with Gasteiger partial charge in [-0.1, -0.05) is 20.8 Å². The van der Waals surface area contributed by atoms with E-state index in [4.69, 9.17) is 11.2 Å². The molecule has 15 heavy (non-hydrogen) atoms. The highest BCUT2D eigenvalue weighted by atomic mass is 16.5. The van der Waals surface area contributed by atoms with Crippen LogP contribution in [0.1, 0.15) is 33.6 Å². The zero-order chi connectivity index (χ0) is 11.9. The van der Waals surface area contributed by atoms with E-state index < -0.39 is 0 Å². The molecule has 0 aromatic rings. The minimum atomic E-state index is -0.278. The number of terminal acetylenes is 1. The van der Waals surface area contributed by atoms with Gasteiger partial charge in [0.15, 0.2) is 0 Å². The van der Waals surface area contributed by atoms with Crippen LogP contribution in [0.5, 0.6) is 0 Å². The Labute approximate surface area is 92.6 Å². The standard InChI is InChI=1S/C12H21NO2/c1-6-7-8-9-13-10(11(14)15-5)12(2,3)4/h1,10,13H,7-9H2,2-5H3/t10-/m1/s1. The monoisotopic (exact) mass is 211 g/mol. The lowest BCUT2D eigenvalue weighted by Crippen LogP contribution is -2.47. The second-order valence-electron chi connectivity index (χ2n) is 4.58. The van der Waals surface area contributed by atoms with Crippen LogP contribution in [0.4, 0.5) is 0 Å². The largest absolute Gasteiger partial charge is 0.468 e. The summed E-state index contributed by atoms with van der Waals surface area (Å²) in [5.74, 6) is 2.35. The Morgan fingerprint density at radius 3 is 2.53 bits per heavy atom. The van der Waals surface area contributed by atoms with Crippen molar-refractivity contribution in [1.82, 2.24) is 5.32 Å². The summed E-state index contributed by atoms with van der Waals surface area (Å²) in [4.78, 5) is 11.5. The second kappa shape index (κ2) is 6.47. The first-order chi connectivity index (χ1) is 6.93. The first-order valence-electron chi connectivity index (χ1n) is 5.18. The Bertz CT molecular complexity index is 235. The average Bonchev–Trinajstić information content (AvgIpc) is 2.15. The number of carbonyl (C=O) groups is 1. The van der Waals surface area contributed by atoms with E-state index in [1.165, 1.54) is 7.11 Å². The third-order valence-corrected chi connectivity index (χ3v) is 2.15. The van der Waals surface area contributed by atoms with E-state index in [1.54, 1.807) is 0 Å². The van der Waals surface area contributed by atoms with Crippen molar-refractivity contribution in [1.29, 1.82) is 0 Å². The third kappa shape index (κ3) is 5.44. The van der Waals surface area contributed by atoms with Crippen molar-refractivity contribution < 1.29 is 9.53 Å². The van der Waals surface area contributed by atoms with Crippen molar-refractivity contribution in [2.24, 2.45) is 5.41 Å². The molecular weight excluding hydrogens is 190 g/mol. The van der Waals surface area contributed by atoms with E-state index in [-0.39, 0.29) is 17.4 Å². The smallest absolute Gasteiger partial charge is 0.323 e. The maximum absolute atomic E-state index is 11.5. The van der Waals surface area contributed by atoms with Gasteiger partial charge < -0.3 is 10.1 Å². The summed E-state index contributed by atoms with van der Waals surface area (Å²) in [6.07, 6.45) is 6.75. The van der Waals surface area contributed by atoms with Crippen molar-refractivity contribution >= 4 is 5.97 Å². The van der Waals surface area contributed by atoms with E-state index in [0.29, 0.717) is 0 Å². The molecule has 3 nitrogen and oxygen atoms in total. The summed E-state index contributed by atoms with van der Waals surface area (Å²) in [7, 11) is 1.41. The first kappa shape index (κ1) is 14.0. The molecule has 0 aliphatic carbocycles. The molecule has 0 spiro atoms. The third-order valence-electron chi connectivity index (χ3n) is 2.15. The molecule has 1 atom stereocenters. The van der Waals surface area contributed by atoms with E-state index >= 15 is 0 Å². The lowest BCUT2D eigenvalue weighted by atomic mass is 9.86. The molecule has 0 heterocycles. The SMILES string of the molecule is C#CCCCN[C@H](C(=O)OC)C(C)(C)C. The Kier molecular flexibility index (Phi) is 6.03. The maximum Gasteiger partial charge on any atom is 0.323 e. The van der Waals surface area contributed by atoms with Gasteiger partial charge >= 0.3 is 5.97 Å². The van der Waals surface area contributed by atoms with Gasteiger partial charge in [0.1, 0.15) is 6.04 Å². The van der Waals surface area contributed by atoms with Gasteiger partial charge in [-0.15, -0.1) is 12.3 Å². The van der Waals surface area contributed by atoms with Crippen molar-refractivity contribution in [2.45, 2.75) is 39.7 Å². The van der Waals surface area contributed by atoms with Crippen LogP contribution >= 0.6 is 0 Å². The molecule has 0 saturated heterocycles. The molecule has 1 N–H and O–H groups in total. The summed E-state index contributed by atoms with van der Waals surface area (Å²) in [5.41, 5.74) is -0.150. The van der Waals surface area contributed by atoms with Gasteiger partial charge in [0.25, 0.3) is 0 Å². The number of rotatable bonds is 5. The van der Waals surface area contributed by atoms with Crippen LogP contribution in [0.3, 0.4) is 0 Å². The predicted octanol–water partition coefficient (Wildman–Crippen LogP) is 1.58. The number of nitrogens with one attached hydrogen (secondary N) is 1. The van der Waals surface area contributed by atoms with E-state index in [0.717, 1.165) is 19.4 Å². The molecule has 0 amide bonds. The normalized spacial score (nSPS) is 13.0. The van der Waals surface area contributed by atoms with Gasteiger partial charge in [-0.05, 0) is 18.4 Å². The molecule has 0 unspecified atom stereocenters. The van der Waals surface area contributed by atoms with Crippen LogP contribution in [0.2, 0.25) is 0 Å². The van der Waals surface area contributed by atoms with Gasteiger partial charge in [-0.25, -0.2) is 0 Å². The number of carbonyl (C=O) groups excluding carboxylic acids is 1. The molecule has 0 rings (SSSR count). The molecule has 0 fully saturated rings. The van der Waals surface area contributed by atoms with Crippen molar-refractivity contribution in [3.05, 3.63) is 0 Å². The zero-order valence-electron chi connectivity index (χ0n) is 10.1. The molecule has 0 aliphatic rings. The summed E-state index contributed by atoms with van der Waals surface area (Å²) < 4.78 is 4.75. The molecule has 0 saturated carbocycles. The molecular formula is C12H21NO2. The lowest BCUT2D eigenvalue weighted by molar-refractivity contribution is -0.146. The Balaban J connectivity index is 4.16. The van der Waals surface area contributed by atoms with Crippen LogP contribution < -0.4 is 5.32 Å². The summed E-state index contributed by atoms with van der Waals surface area (Å²) in [6.45, 7) is 6.75. The summed E-state index contributed by atoms with van der Waals surface area (Å²) in [5, 5.41) is 3.18. The zero-order valence-corrected chi connectivity index (χ0v) is 10.1. The van der Waals surface area contributed by atoms with Gasteiger partial charge in [-0.2, -0.15) is 0 Å². The van der Waals surface area contributed by atoms with Crippen LogP contribution in [-0.2, 0) is 9.53 Å². The van der Waals surface area contributed by atoms with E-state index in [2.05, 4.69) is 11.2 Å². The maximum atomic E-state index is 11.5. The highest BCUT2D eigenvalue weighted by Crippen LogP contribution is 2.20. The minimum absolute atomic E-state index is 0.150. The number of unbranched alkanes of at least 4 members (excludes halogenated alkanes) is 1. The number of methoxy groups -OCH3 is 1. The Hall–Kier alpha value is -1.01. The molecule has 0 bridgehead atoms. The molecule has 0 radical (unpaired) electrons. The fraction of sp³-hybridized carbons (Fsp3) is 0.750. The minimum Gasteiger partial charge on any atom is -0.468 e. The van der Waals surface area contributed by atoms with E-state index in [9.17, 15) is 4.79 Å². The van der Waals surface area contributed by atoms with Crippen molar-refractivity contribution in [3.63, 3.8) is 0 Å². The molecule has 0 aliphatic heterocycles. The summed E-state index contributed by atoms with van der Waals surface area (Å²) in [6, 6.07) is -0.278. The van der Waals surface area contributed by atoms with Gasteiger partial charge in [-0.3, -0.25) is 4.79 Å². The van der Waals surface area contributed by atoms with Crippen LogP contribution in [0.25, 0.3) is 0 Å². The van der Waals surface area contributed by atoms with Gasteiger partial charge in [0.2, 0.25) is 0 Å². The molecule has 0 aromatic carbocycles. The Morgan fingerprint density at radius 1 is 1.53 bits per heavy atom. The molecule has 3 heteroatoms. The fourth-order valence-corrected chi connectivity index (χ4v) is 1.30. The van der Waals surface area contributed by atoms with Crippen LogP contribution in [0.15, 0.2) is 0 Å². The van der Waals surface area contributed by atoms with Crippen molar-refractivity contribution in [2.75, 3.05) is 13.7 Å². The molecule has 0 aromatic heterocycles. The number of hydrogen-bond donors (Lipinski definition) is 1. The predicted molar refractivity (Wildman–Crippen MR) is 61.3 cm³/mol. The molecule has 86 valence electrons. The highest BCUT2D eigenvalue weighted by Gasteiger charge is 2.31. The topological polar surface area (TPSA) is 38.3 Å². The lowest BCUT2D eigenvalue weighted by Gasteiger charge is -2.29. The van der Waals surface area contributed by atoms with Crippen LogP contribution in [-0.4, -0.2) is 25.7 Å². The number of hydrogen-bond acceptors (Lipinski definition) is 3. The highest BCUT2D eigenvalue weighted by molar-refractivity contribution is 5.76. The summed E-state index contributed by atoms with van der Waals surface area (Å²) >= 11 is 0. The fourth-order valence-electron chi connectivity index (χ4n) is 1.30. The average molecular weight is 211 g/mol. The number of ether oxygens (including phenoxy) is 1. The Morgan fingerprint density at radius 2 is 2.13 bits per heavy atom. The first-order valence-corrected chi connectivity index (χ1v) is 5.18. The van der Waals surface area contributed by atoms with Crippen LogP contribution in [0, 0.1) is 17.8 Å². The van der Waals surface area contributed by atoms with Gasteiger partial charge in [0, 0.05) is 6.42 Å². The quantitative estimate of drug-likeness (QED) is 0.426. The van der Waals surface area contributed by atoms with E-state index in [1.807, 2.05) is 20.8 Å². The van der Waals surface area contributed by atoms with Gasteiger partial charge in [0.05, 0.1) is 7.11 Å². The second-order valence-corrected chi connectivity index (χ2v) is 4.58.